The molecule has 0 radical (unpaired) electrons. The first kappa shape index (κ1) is 17.8. The minimum absolute atomic E-state index is 0.0666. The van der Waals surface area contributed by atoms with Crippen LogP contribution in [0.3, 0.4) is 0 Å². The monoisotopic (exact) mass is 411 g/mol. The van der Waals surface area contributed by atoms with Crippen molar-refractivity contribution in [3.8, 4) is 23.8 Å². The first-order valence-electron chi connectivity index (χ1n) is 7.64. The van der Waals surface area contributed by atoms with Crippen LogP contribution in [0.15, 0.2) is 57.6 Å². The molecule has 0 aliphatic carbocycles. The predicted octanol–water partition coefficient (Wildman–Crippen LogP) is 3.81. The zero-order chi connectivity index (χ0) is 18.5. The maximum absolute atomic E-state index is 12.2. The number of methoxy groups -OCH3 is 1. The predicted molar refractivity (Wildman–Crippen MR) is 102 cm³/mol. The lowest BCUT2D eigenvalue weighted by molar-refractivity contribution is -0.129. The first-order chi connectivity index (χ1) is 12.6. The van der Waals surface area contributed by atoms with Crippen molar-refractivity contribution < 1.29 is 19.0 Å². The van der Waals surface area contributed by atoms with Gasteiger partial charge in [-0.05, 0) is 30.3 Å². The largest absolute Gasteiger partial charge is 0.493 e. The van der Waals surface area contributed by atoms with Gasteiger partial charge in [-0.2, -0.15) is 0 Å². The standard InChI is InChI=1S/C20H14BrNO4/c1-3-9-25-18-14(10-15(21)12-17(18)24-2)11-16-20(23)26-19(22-16)13-7-5-4-6-8-13/h1,4-8,10-12H,9H2,2H3/b16-11-. The van der Waals surface area contributed by atoms with E-state index >= 15 is 0 Å². The van der Waals surface area contributed by atoms with Gasteiger partial charge < -0.3 is 14.2 Å². The molecular weight excluding hydrogens is 398 g/mol. The number of benzene rings is 2. The minimum Gasteiger partial charge on any atom is -0.493 e. The van der Waals surface area contributed by atoms with Gasteiger partial charge in [-0.15, -0.1) is 6.42 Å². The summed E-state index contributed by atoms with van der Waals surface area (Å²) in [6.07, 6.45) is 6.86. The highest BCUT2D eigenvalue weighted by Crippen LogP contribution is 2.36. The Morgan fingerprint density at radius 2 is 2.08 bits per heavy atom. The highest BCUT2D eigenvalue weighted by molar-refractivity contribution is 9.10. The van der Waals surface area contributed by atoms with Gasteiger partial charge in [0.05, 0.1) is 7.11 Å². The number of esters is 1. The van der Waals surface area contributed by atoms with E-state index in [0.717, 1.165) is 10.0 Å². The highest BCUT2D eigenvalue weighted by atomic mass is 79.9. The second kappa shape index (κ2) is 7.89. The molecule has 130 valence electrons. The number of hydrogen-bond acceptors (Lipinski definition) is 5. The Balaban J connectivity index is 2.04. The molecule has 1 aliphatic rings. The smallest absolute Gasteiger partial charge is 0.363 e. The van der Waals surface area contributed by atoms with Crippen LogP contribution in [0.5, 0.6) is 11.5 Å². The topological polar surface area (TPSA) is 57.1 Å². The average molecular weight is 412 g/mol. The zero-order valence-corrected chi connectivity index (χ0v) is 15.4. The molecule has 0 bridgehead atoms. The van der Waals surface area contributed by atoms with Crippen LogP contribution >= 0.6 is 15.9 Å². The molecule has 1 aliphatic heterocycles. The summed E-state index contributed by atoms with van der Waals surface area (Å²) in [5.41, 5.74) is 1.48. The Hall–Kier alpha value is -3.04. The lowest BCUT2D eigenvalue weighted by Gasteiger charge is -2.12. The molecule has 0 unspecified atom stereocenters. The van der Waals surface area contributed by atoms with Crippen molar-refractivity contribution in [1.29, 1.82) is 0 Å². The average Bonchev–Trinajstić information content (AvgIpc) is 3.02. The van der Waals surface area contributed by atoms with E-state index in [0.29, 0.717) is 17.1 Å². The van der Waals surface area contributed by atoms with Crippen molar-refractivity contribution >= 4 is 33.9 Å². The first-order valence-corrected chi connectivity index (χ1v) is 8.43. The van der Waals surface area contributed by atoms with Gasteiger partial charge in [0.1, 0.15) is 6.61 Å². The van der Waals surface area contributed by atoms with E-state index in [9.17, 15) is 4.79 Å². The SMILES string of the molecule is C#CCOc1c(/C=C2\N=C(c3ccccc3)OC2=O)cc(Br)cc1OC. The van der Waals surface area contributed by atoms with Crippen molar-refractivity contribution in [3.05, 3.63) is 63.8 Å². The van der Waals surface area contributed by atoms with Crippen LogP contribution in [0.4, 0.5) is 0 Å². The van der Waals surface area contributed by atoms with Crippen LogP contribution in [0.2, 0.25) is 0 Å². The maximum atomic E-state index is 12.2. The van der Waals surface area contributed by atoms with Gasteiger partial charge in [0.25, 0.3) is 0 Å². The maximum Gasteiger partial charge on any atom is 0.363 e. The number of hydrogen-bond donors (Lipinski definition) is 0. The molecule has 0 saturated heterocycles. The summed E-state index contributed by atoms with van der Waals surface area (Å²) in [5, 5.41) is 0. The van der Waals surface area contributed by atoms with Crippen molar-refractivity contribution in [1.82, 2.24) is 0 Å². The van der Waals surface area contributed by atoms with Crippen LogP contribution in [-0.4, -0.2) is 25.6 Å². The second-order valence-electron chi connectivity index (χ2n) is 5.22. The normalized spacial score (nSPS) is 14.6. The molecule has 0 amide bonds. The molecular formula is C20H14BrNO4. The Morgan fingerprint density at radius 1 is 1.31 bits per heavy atom. The summed E-state index contributed by atoms with van der Waals surface area (Å²) in [6.45, 7) is 0.0666. The van der Waals surface area contributed by atoms with Crippen LogP contribution in [0.25, 0.3) is 6.08 Å². The second-order valence-corrected chi connectivity index (χ2v) is 6.14. The highest BCUT2D eigenvalue weighted by Gasteiger charge is 2.25. The fraction of sp³-hybridized carbons (Fsp3) is 0.100. The van der Waals surface area contributed by atoms with E-state index in [-0.39, 0.29) is 18.2 Å². The molecule has 1 heterocycles. The van der Waals surface area contributed by atoms with E-state index in [2.05, 4.69) is 26.8 Å². The molecule has 3 rings (SSSR count). The molecule has 2 aromatic rings. The molecule has 0 saturated carbocycles. The van der Waals surface area contributed by atoms with Gasteiger partial charge in [-0.3, -0.25) is 0 Å². The lowest BCUT2D eigenvalue weighted by Crippen LogP contribution is -2.05. The van der Waals surface area contributed by atoms with Gasteiger partial charge in [-0.25, -0.2) is 9.79 Å². The van der Waals surface area contributed by atoms with Gasteiger partial charge in [0, 0.05) is 15.6 Å². The van der Waals surface area contributed by atoms with Gasteiger partial charge in [0.15, 0.2) is 17.2 Å². The third kappa shape index (κ3) is 3.79. The number of cyclic esters (lactones) is 1. The number of ether oxygens (including phenoxy) is 3. The fourth-order valence-corrected chi connectivity index (χ4v) is 2.83. The fourth-order valence-electron chi connectivity index (χ4n) is 2.38. The number of terminal acetylenes is 1. The van der Waals surface area contributed by atoms with Crippen LogP contribution in [0.1, 0.15) is 11.1 Å². The number of rotatable bonds is 5. The summed E-state index contributed by atoms with van der Waals surface area (Å²) >= 11 is 3.41. The van der Waals surface area contributed by atoms with Crippen molar-refractivity contribution in [2.75, 3.05) is 13.7 Å². The molecule has 0 aromatic heterocycles. The number of nitrogens with zero attached hydrogens (tertiary/aromatic N) is 1. The molecule has 0 fully saturated rings. The van der Waals surface area contributed by atoms with Crippen LogP contribution < -0.4 is 9.47 Å². The van der Waals surface area contributed by atoms with Crippen molar-refractivity contribution in [3.63, 3.8) is 0 Å². The molecule has 0 atom stereocenters. The summed E-state index contributed by atoms with van der Waals surface area (Å²) in [6, 6.07) is 12.7. The number of carbonyl (C=O) groups is 1. The molecule has 6 heteroatoms. The summed E-state index contributed by atoms with van der Waals surface area (Å²) in [7, 11) is 1.52. The Labute approximate surface area is 159 Å². The minimum atomic E-state index is -0.536. The third-order valence-corrected chi connectivity index (χ3v) is 3.96. The van der Waals surface area contributed by atoms with E-state index in [1.807, 2.05) is 30.3 Å². The number of carbonyl (C=O) groups excluding carboxylic acids is 1. The summed E-state index contributed by atoms with van der Waals surface area (Å²) in [5.74, 6) is 3.05. The molecule has 0 spiro atoms. The van der Waals surface area contributed by atoms with E-state index in [1.54, 1.807) is 18.2 Å². The Bertz CT molecular complexity index is 942. The van der Waals surface area contributed by atoms with E-state index < -0.39 is 5.97 Å². The van der Waals surface area contributed by atoms with Gasteiger partial charge >= 0.3 is 5.97 Å². The zero-order valence-electron chi connectivity index (χ0n) is 13.9. The quantitative estimate of drug-likeness (QED) is 0.426. The molecule has 2 aromatic carbocycles. The van der Waals surface area contributed by atoms with Crippen LogP contribution in [-0.2, 0) is 9.53 Å². The van der Waals surface area contributed by atoms with Crippen molar-refractivity contribution in [2.45, 2.75) is 0 Å². The van der Waals surface area contributed by atoms with Crippen LogP contribution in [0, 0.1) is 12.3 Å². The molecule has 26 heavy (non-hydrogen) atoms. The Kier molecular flexibility index (Phi) is 5.40. The number of halogens is 1. The van der Waals surface area contributed by atoms with Gasteiger partial charge in [-0.1, -0.05) is 40.0 Å². The number of aliphatic imine (C=N–C) groups is 1. The van der Waals surface area contributed by atoms with E-state index in [4.69, 9.17) is 20.6 Å². The Morgan fingerprint density at radius 3 is 2.77 bits per heavy atom. The lowest BCUT2D eigenvalue weighted by atomic mass is 10.1. The van der Waals surface area contributed by atoms with Crippen molar-refractivity contribution in [2.24, 2.45) is 4.99 Å². The third-order valence-electron chi connectivity index (χ3n) is 3.50. The molecule has 0 N–H and O–H groups in total. The molecule has 5 nitrogen and oxygen atoms in total. The van der Waals surface area contributed by atoms with E-state index in [1.165, 1.54) is 7.11 Å². The van der Waals surface area contributed by atoms with Gasteiger partial charge in [0.2, 0.25) is 5.90 Å². The summed E-state index contributed by atoms with van der Waals surface area (Å²) < 4.78 is 17.0. The summed E-state index contributed by atoms with van der Waals surface area (Å²) in [4.78, 5) is 16.5.